The second kappa shape index (κ2) is 5.59. The molecule has 18 heavy (non-hydrogen) atoms. The summed E-state index contributed by atoms with van der Waals surface area (Å²) in [5, 5.41) is 0.383. The molecule has 1 aromatic carbocycles. The first-order valence-electron chi connectivity index (χ1n) is 5.08. The smallest absolute Gasteiger partial charge is 0.351 e. The normalized spacial score (nSPS) is 9.78. The van der Waals surface area contributed by atoms with E-state index in [1.807, 2.05) is 6.92 Å². The van der Waals surface area contributed by atoms with Crippen molar-refractivity contribution in [2.24, 2.45) is 16.5 Å². The summed E-state index contributed by atoms with van der Waals surface area (Å²) in [5.74, 6) is 0.163. The number of ether oxygens (including phenoxy) is 1. The molecule has 1 aromatic rings. The van der Waals surface area contributed by atoms with Crippen LogP contribution in [0.25, 0.3) is 0 Å². The Bertz CT molecular complexity index is 498. The Morgan fingerprint density at radius 3 is 2.56 bits per heavy atom. The molecule has 4 N–H and O–H groups in total. The second-order valence-corrected chi connectivity index (χ2v) is 4.08. The van der Waals surface area contributed by atoms with Crippen molar-refractivity contribution >= 4 is 29.3 Å². The van der Waals surface area contributed by atoms with Crippen LogP contribution in [0, 0.1) is 6.92 Å². The first-order valence-corrected chi connectivity index (χ1v) is 5.46. The molecule has 0 aliphatic heterocycles. The van der Waals surface area contributed by atoms with E-state index in [0.717, 1.165) is 5.56 Å². The standard InChI is InChI=1S/C11H15ClN4O2/c1-6-4-7(12)9(8(5-6)18-3)16(2)11(17)15-10(13)14/h4-5H,1-3H3,(H4,13,14,15,17). The third-order valence-electron chi connectivity index (χ3n) is 2.24. The van der Waals surface area contributed by atoms with Gasteiger partial charge in [0.1, 0.15) is 11.4 Å². The van der Waals surface area contributed by atoms with E-state index in [1.54, 1.807) is 12.1 Å². The van der Waals surface area contributed by atoms with E-state index < -0.39 is 6.03 Å². The molecule has 0 radical (unpaired) electrons. The molecule has 7 heteroatoms. The number of aryl methyl sites for hydroxylation is 1. The molecule has 1 rings (SSSR count). The molecule has 0 bridgehead atoms. The Kier molecular flexibility index (Phi) is 4.38. The Morgan fingerprint density at radius 2 is 2.06 bits per heavy atom. The topological polar surface area (TPSA) is 93.9 Å². The Hall–Kier alpha value is -1.95. The largest absolute Gasteiger partial charge is 0.495 e. The number of carbonyl (C=O) groups excluding carboxylic acids is 1. The number of nitrogens with two attached hydrogens (primary N) is 2. The molecule has 0 heterocycles. The van der Waals surface area contributed by atoms with Gasteiger partial charge in [0.25, 0.3) is 0 Å². The van der Waals surface area contributed by atoms with Crippen LogP contribution in [-0.2, 0) is 0 Å². The van der Waals surface area contributed by atoms with Gasteiger partial charge < -0.3 is 16.2 Å². The van der Waals surface area contributed by atoms with Gasteiger partial charge >= 0.3 is 6.03 Å². The fourth-order valence-electron chi connectivity index (χ4n) is 1.46. The van der Waals surface area contributed by atoms with Gasteiger partial charge in [0.05, 0.1) is 12.1 Å². The summed E-state index contributed by atoms with van der Waals surface area (Å²) in [6.45, 7) is 1.87. The van der Waals surface area contributed by atoms with Gasteiger partial charge in [-0.15, -0.1) is 0 Å². The number of hydrogen-bond donors (Lipinski definition) is 2. The quantitative estimate of drug-likeness (QED) is 0.629. The number of methoxy groups -OCH3 is 1. The number of halogens is 1. The van der Waals surface area contributed by atoms with Gasteiger partial charge in [0, 0.05) is 7.05 Å². The lowest BCUT2D eigenvalue weighted by Gasteiger charge is -2.19. The average molecular weight is 271 g/mol. The predicted molar refractivity (Wildman–Crippen MR) is 72.3 cm³/mol. The maximum Gasteiger partial charge on any atom is 0.351 e. The summed E-state index contributed by atoms with van der Waals surface area (Å²) in [7, 11) is 3.00. The number of hydrogen-bond acceptors (Lipinski definition) is 2. The first kappa shape index (κ1) is 14.1. The van der Waals surface area contributed by atoms with Crippen LogP contribution >= 0.6 is 11.6 Å². The number of nitrogens with zero attached hydrogens (tertiary/aromatic N) is 2. The SMILES string of the molecule is COc1cc(C)cc(Cl)c1N(C)C(=O)N=C(N)N. The van der Waals surface area contributed by atoms with Crippen molar-refractivity contribution in [3.05, 3.63) is 22.7 Å². The highest BCUT2D eigenvalue weighted by atomic mass is 35.5. The number of guanidine groups is 1. The van der Waals surface area contributed by atoms with E-state index in [2.05, 4.69) is 4.99 Å². The summed E-state index contributed by atoms with van der Waals surface area (Å²) < 4.78 is 5.19. The van der Waals surface area contributed by atoms with Crippen LogP contribution in [0.1, 0.15) is 5.56 Å². The van der Waals surface area contributed by atoms with Gasteiger partial charge in [-0.25, -0.2) is 4.79 Å². The van der Waals surface area contributed by atoms with Gasteiger partial charge in [-0.05, 0) is 24.6 Å². The van der Waals surface area contributed by atoms with Gasteiger partial charge in [0.2, 0.25) is 0 Å². The molecule has 0 unspecified atom stereocenters. The fraction of sp³-hybridized carbons (Fsp3) is 0.273. The molecule has 0 aliphatic rings. The molecule has 6 nitrogen and oxygen atoms in total. The van der Waals surface area contributed by atoms with Crippen LogP contribution in [0.5, 0.6) is 5.75 Å². The zero-order valence-corrected chi connectivity index (χ0v) is 11.2. The van der Waals surface area contributed by atoms with Crippen LogP contribution in [0.3, 0.4) is 0 Å². The lowest BCUT2D eigenvalue weighted by atomic mass is 10.2. The van der Waals surface area contributed by atoms with E-state index in [-0.39, 0.29) is 5.96 Å². The molecule has 0 saturated carbocycles. The number of aliphatic imine (C=N–C) groups is 1. The lowest BCUT2D eigenvalue weighted by molar-refractivity contribution is 0.255. The van der Waals surface area contributed by atoms with Crippen LogP contribution in [0.4, 0.5) is 10.5 Å². The van der Waals surface area contributed by atoms with Gasteiger partial charge in [-0.2, -0.15) is 4.99 Å². The summed E-state index contributed by atoms with van der Waals surface area (Å²) in [6.07, 6.45) is 0. The van der Waals surface area contributed by atoms with Crippen LogP contribution < -0.4 is 21.1 Å². The zero-order valence-electron chi connectivity index (χ0n) is 10.4. The van der Waals surface area contributed by atoms with Crippen molar-refractivity contribution in [3.63, 3.8) is 0 Å². The number of amides is 2. The first-order chi connectivity index (χ1) is 8.36. The molecule has 2 amide bonds. The molecular formula is C11H15ClN4O2. The Labute approximate surface area is 110 Å². The highest BCUT2D eigenvalue weighted by molar-refractivity contribution is 6.34. The Morgan fingerprint density at radius 1 is 1.44 bits per heavy atom. The highest BCUT2D eigenvalue weighted by Gasteiger charge is 2.18. The minimum atomic E-state index is -0.626. The third-order valence-corrected chi connectivity index (χ3v) is 2.53. The van der Waals surface area contributed by atoms with Crippen molar-refractivity contribution in [1.29, 1.82) is 0 Å². The van der Waals surface area contributed by atoms with Crippen molar-refractivity contribution in [1.82, 2.24) is 0 Å². The zero-order chi connectivity index (χ0) is 13.9. The minimum Gasteiger partial charge on any atom is -0.495 e. The van der Waals surface area contributed by atoms with Crippen molar-refractivity contribution in [3.8, 4) is 5.75 Å². The molecule has 0 spiro atoms. The van der Waals surface area contributed by atoms with Crippen molar-refractivity contribution < 1.29 is 9.53 Å². The molecule has 98 valence electrons. The van der Waals surface area contributed by atoms with Crippen LogP contribution in [-0.4, -0.2) is 26.1 Å². The second-order valence-electron chi connectivity index (χ2n) is 3.68. The molecule has 0 atom stereocenters. The van der Waals surface area contributed by atoms with E-state index in [9.17, 15) is 4.79 Å². The molecule has 0 aliphatic carbocycles. The maximum absolute atomic E-state index is 11.7. The monoisotopic (exact) mass is 270 g/mol. The number of urea groups is 1. The van der Waals surface area contributed by atoms with Crippen LogP contribution in [0.15, 0.2) is 17.1 Å². The Balaban J connectivity index is 3.24. The van der Waals surface area contributed by atoms with E-state index >= 15 is 0 Å². The summed E-state index contributed by atoms with van der Waals surface area (Å²) in [4.78, 5) is 16.4. The van der Waals surface area contributed by atoms with Gasteiger partial charge in [-0.1, -0.05) is 11.6 Å². The van der Waals surface area contributed by atoms with Crippen molar-refractivity contribution in [2.75, 3.05) is 19.1 Å². The maximum atomic E-state index is 11.7. The number of anilines is 1. The lowest BCUT2D eigenvalue weighted by Crippen LogP contribution is -2.30. The predicted octanol–water partition coefficient (Wildman–Crippen LogP) is 1.49. The minimum absolute atomic E-state index is 0.311. The fourth-order valence-corrected chi connectivity index (χ4v) is 1.86. The number of benzene rings is 1. The molecule has 0 aromatic heterocycles. The number of carbonyl (C=O) groups is 1. The van der Waals surface area contributed by atoms with Gasteiger partial charge in [0.15, 0.2) is 5.96 Å². The molecule has 0 fully saturated rings. The van der Waals surface area contributed by atoms with Crippen LogP contribution in [0.2, 0.25) is 5.02 Å². The average Bonchev–Trinajstić information content (AvgIpc) is 2.26. The van der Waals surface area contributed by atoms with E-state index in [4.69, 9.17) is 27.8 Å². The van der Waals surface area contributed by atoms with Gasteiger partial charge in [-0.3, -0.25) is 4.90 Å². The number of rotatable bonds is 2. The molecular weight excluding hydrogens is 256 g/mol. The van der Waals surface area contributed by atoms with E-state index in [1.165, 1.54) is 19.1 Å². The highest BCUT2D eigenvalue weighted by Crippen LogP contribution is 2.36. The molecule has 0 saturated heterocycles. The summed E-state index contributed by atoms with van der Waals surface area (Å²) in [6, 6.07) is 2.86. The summed E-state index contributed by atoms with van der Waals surface area (Å²) in [5.41, 5.74) is 11.7. The third kappa shape index (κ3) is 3.04. The van der Waals surface area contributed by atoms with Crippen molar-refractivity contribution in [2.45, 2.75) is 6.92 Å². The summed E-state index contributed by atoms with van der Waals surface area (Å²) >= 11 is 6.10. The van der Waals surface area contributed by atoms with E-state index in [0.29, 0.717) is 16.5 Å².